The van der Waals surface area contributed by atoms with E-state index < -0.39 is 0 Å². The molecule has 1 N–H and O–H groups in total. The molecule has 0 aromatic rings. The second-order valence-electron chi connectivity index (χ2n) is 4.34. The molecule has 0 aromatic carbocycles. The number of rotatable bonds is 3. The van der Waals surface area contributed by atoms with Gasteiger partial charge in [-0.1, -0.05) is 0 Å². The molecule has 2 fully saturated rings. The van der Waals surface area contributed by atoms with Gasteiger partial charge in [-0.05, 0) is 32.7 Å². The van der Waals surface area contributed by atoms with Gasteiger partial charge in [0.05, 0.1) is 12.7 Å². The third kappa shape index (κ3) is 2.27. The van der Waals surface area contributed by atoms with Gasteiger partial charge in [0.15, 0.2) is 0 Å². The molecule has 3 nitrogen and oxygen atoms in total. The lowest BCUT2D eigenvalue weighted by molar-refractivity contribution is -0.0202. The van der Waals surface area contributed by atoms with E-state index in [-0.39, 0.29) is 0 Å². The highest BCUT2D eigenvalue weighted by molar-refractivity contribution is 4.86. The molecule has 2 aliphatic heterocycles. The van der Waals surface area contributed by atoms with Crippen molar-refractivity contribution < 1.29 is 9.47 Å². The molecular formula is C11H21NO2. The molecule has 2 saturated heterocycles. The first-order valence-corrected chi connectivity index (χ1v) is 5.78. The predicted molar refractivity (Wildman–Crippen MR) is 55.4 cm³/mol. The molecule has 2 aliphatic rings. The fourth-order valence-electron chi connectivity index (χ4n) is 2.61. The fourth-order valence-corrected chi connectivity index (χ4v) is 2.61. The topological polar surface area (TPSA) is 30.5 Å². The van der Waals surface area contributed by atoms with E-state index in [1.54, 1.807) is 0 Å². The number of ether oxygens (including phenoxy) is 2. The highest BCUT2D eigenvalue weighted by Gasteiger charge is 2.32. The summed E-state index contributed by atoms with van der Waals surface area (Å²) in [4.78, 5) is 0. The van der Waals surface area contributed by atoms with Crippen molar-refractivity contribution in [2.24, 2.45) is 5.92 Å². The van der Waals surface area contributed by atoms with Crippen LogP contribution in [0.3, 0.4) is 0 Å². The van der Waals surface area contributed by atoms with Crippen molar-refractivity contribution in [2.45, 2.75) is 37.8 Å². The van der Waals surface area contributed by atoms with Crippen LogP contribution >= 0.6 is 0 Å². The summed E-state index contributed by atoms with van der Waals surface area (Å²) in [6.45, 7) is 2.78. The summed E-state index contributed by atoms with van der Waals surface area (Å²) in [6.07, 6.45) is 5.36. The van der Waals surface area contributed by atoms with E-state index in [4.69, 9.17) is 9.47 Å². The van der Waals surface area contributed by atoms with E-state index in [1.165, 1.54) is 25.7 Å². The number of hydrogen-bond acceptors (Lipinski definition) is 3. The maximum Gasteiger partial charge on any atom is 0.0731 e. The SMILES string of the molecule is CNC(C1CCOC1)C1CCCCO1. The minimum Gasteiger partial charge on any atom is -0.381 e. The highest BCUT2D eigenvalue weighted by Crippen LogP contribution is 2.25. The lowest BCUT2D eigenvalue weighted by Crippen LogP contribution is -2.46. The Kier molecular flexibility index (Phi) is 3.79. The van der Waals surface area contributed by atoms with Crippen LogP contribution in [-0.4, -0.2) is 39.0 Å². The van der Waals surface area contributed by atoms with Gasteiger partial charge in [0, 0.05) is 25.2 Å². The highest BCUT2D eigenvalue weighted by atomic mass is 16.5. The van der Waals surface area contributed by atoms with Crippen LogP contribution in [0.5, 0.6) is 0 Å². The van der Waals surface area contributed by atoms with E-state index in [0.29, 0.717) is 18.1 Å². The molecule has 3 unspecified atom stereocenters. The first-order chi connectivity index (χ1) is 6.92. The standard InChI is InChI=1S/C11H21NO2/c1-12-11(9-5-7-13-8-9)10-4-2-3-6-14-10/h9-12H,2-8H2,1H3. The van der Waals surface area contributed by atoms with Crippen LogP contribution in [0.2, 0.25) is 0 Å². The summed E-state index contributed by atoms with van der Waals surface area (Å²) >= 11 is 0. The quantitative estimate of drug-likeness (QED) is 0.740. The number of hydrogen-bond donors (Lipinski definition) is 1. The average molecular weight is 199 g/mol. The van der Waals surface area contributed by atoms with Gasteiger partial charge in [-0.2, -0.15) is 0 Å². The molecule has 2 heterocycles. The zero-order chi connectivity index (χ0) is 9.80. The van der Waals surface area contributed by atoms with Crippen LogP contribution in [-0.2, 0) is 9.47 Å². The van der Waals surface area contributed by atoms with Gasteiger partial charge in [0.1, 0.15) is 0 Å². The Bertz CT molecular complexity index is 163. The maximum atomic E-state index is 5.83. The molecule has 0 amide bonds. The molecule has 0 spiro atoms. The normalized spacial score (nSPS) is 35.8. The van der Waals surface area contributed by atoms with E-state index in [2.05, 4.69) is 5.32 Å². The Morgan fingerprint density at radius 2 is 2.14 bits per heavy atom. The largest absolute Gasteiger partial charge is 0.381 e. The Morgan fingerprint density at radius 1 is 1.21 bits per heavy atom. The average Bonchev–Trinajstić information content (AvgIpc) is 2.74. The minimum absolute atomic E-state index is 0.417. The second kappa shape index (κ2) is 5.10. The van der Waals surface area contributed by atoms with E-state index in [9.17, 15) is 0 Å². The monoisotopic (exact) mass is 199 g/mol. The Labute approximate surface area is 86.2 Å². The summed E-state index contributed by atoms with van der Waals surface area (Å²) in [5.41, 5.74) is 0. The van der Waals surface area contributed by atoms with Gasteiger partial charge >= 0.3 is 0 Å². The summed E-state index contributed by atoms with van der Waals surface area (Å²) in [6, 6.07) is 0.498. The van der Waals surface area contributed by atoms with Crippen LogP contribution in [0.25, 0.3) is 0 Å². The molecule has 0 aromatic heterocycles. The molecule has 14 heavy (non-hydrogen) atoms. The van der Waals surface area contributed by atoms with Crippen molar-refractivity contribution in [1.29, 1.82) is 0 Å². The molecule has 0 aliphatic carbocycles. The van der Waals surface area contributed by atoms with E-state index in [1.807, 2.05) is 7.05 Å². The van der Waals surface area contributed by atoms with Crippen molar-refractivity contribution in [3.8, 4) is 0 Å². The Balaban J connectivity index is 1.89. The Morgan fingerprint density at radius 3 is 2.71 bits per heavy atom. The van der Waals surface area contributed by atoms with Crippen molar-refractivity contribution in [2.75, 3.05) is 26.9 Å². The van der Waals surface area contributed by atoms with Crippen LogP contribution < -0.4 is 5.32 Å². The molecule has 0 bridgehead atoms. The predicted octanol–water partition coefficient (Wildman–Crippen LogP) is 1.18. The molecule has 3 heteroatoms. The first-order valence-electron chi connectivity index (χ1n) is 5.78. The lowest BCUT2D eigenvalue weighted by Gasteiger charge is -2.33. The molecule has 82 valence electrons. The zero-order valence-electron chi connectivity index (χ0n) is 9.00. The van der Waals surface area contributed by atoms with Crippen molar-refractivity contribution in [3.05, 3.63) is 0 Å². The van der Waals surface area contributed by atoms with Gasteiger partial charge in [0.2, 0.25) is 0 Å². The third-order valence-corrected chi connectivity index (χ3v) is 3.42. The second-order valence-corrected chi connectivity index (χ2v) is 4.34. The van der Waals surface area contributed by atoms with Gasteiger partial charge in [0.25, 0.3) is 0 Å². The van der Waals surface area contributed by atoms with Crippen LogP contribution in [0.4, 0.5) is 0 Å². The number of nitrogens with one attached hydrogen (secondary N) is 1. The molecule has 2 rings (SSSR count). The summed E-state index contributed by atoms with van der Waals surface area (Å²) in [7, 11) is 2.04. The minimum atomic E-state index is 0.417. The Hall–Kier alpha value is -0.120. The molecular weight excluding hydrogens is 178 g/mol. The van der Waals surface area contributed by atoms with Crippen molar-refractivity contribution in [1.82, 2.24) is 5.32 Å². The van der Waals surface area contributed by atoms with Crippen molar-refractivity contribution in [3.63, 3.8) is 0 Å². The van der Waals surface area contributed by atoms with Gasteiger partial charge < -0.3 is 14.8 Å². The molecule has 0 radical (unpaired) electrons. The summed E-state index contributed by atoms with van der Waals surface area (Å²) < 4.78 is 11.3. The van der Waals surface area contributed by atoms with E-state index >= 15 is 0 Å². The van der Waals surface area contributed by atoms with Gasteiger partial charge in [-0.25, -0.2) is 0 Å². The van der Waals surface area contributed by atoms with Crippen LogP contribution in [0.15, 0.2) is 0 Å². The zero-order valence-corrected chi connectivity index (χ0v) is 9.00. The van der Waals surface area contributed by atoms with Gasteiger partial charge in [-0.3, -0.25) is 0 Å². The summed E-state index contributed by atoms with van der Waals surface area (Å²) in [5, 5.41) is 3.41. The third-order valence-electron chi connectivity index (χ3n) is 3.42. The molecule has 3 atom stereocenters. The first kappa shape index (κ1) is 10.4. The smallest absolute Gasteiger partial charge is 0.0731 e. The van der Waals surface area contributed by atoms with E-state index in [0.717, 1.165) is 19.8 Å². The van der Waals surface area contributed by atoms with Gasteiger partial charge in [-0.15, -0.1) is 0 Å². The fraction of sp³-hybridized carbons (Fsp3) is 1.00. The lowest BCUT2D eigenvalue weighted by atomic mass is 9.90. The van der Waals surface area contributed by atoms with Crippen LogP contribution in [0, 0.1) is 5.92 Å². The molecule has 0 saturated carbocycles. The summed E-state index contributed by atoms with van der Waals surface area (Å²) in [5.74, 6) is 0.656. The van der Waals surface area contributed by atoms with Crippen molar-refractivity contribution >= 4 is 0 Å². The number of likely N-dealkylation sites (N-methyl/N-ethyl adjacent to an activating group) is 1. The van der Waals surface area contributed by atoms with Crippen LogP contribution in [0.1, 0.15) is 25.7 Å². The maximum absolute atomic E-state index is 5.83.